The molecule has 0 aromatic carbocycles. The molecular weight excluding hydrogens is 210 g/mol. The van der Waals surface area contributed by atoms with Crippen molar-refractivity contribution < 1.29 is 14.3 Å². The second kappa shape index (κ2) is 5.62. The third-order valence-corrected chi connectivity index (χ3v) is 2.17. The van der Waals surface area contributed by atoms with E-state index >= 15 is 0 Å². The molecule has 6 nitrogen and oxygen atoms in total. The number of imidazole rings is 1. The number of hydrogen-bond acceptors (Lipinski definition) is 4. The Hall–Kier alpha value is -1.40. The zero-order valence-electron chi connectivity index (χ0n) is 9.93. The van der Waals surface area contributed by atoms with Crippen molar-refractivity contribution in [2.75, 3.05) is 14.2 Å². The fourth-order valence-electron chi connectivity index (χ4n) is 1.38. The van der Waals surface area contributed by atoms with Gasteiger partial charge >= 0.3 is 0 Å². The first-order chi connectivity index (χ1) is 7.58. The summed E-state index contributed by atoms with van der Waals surface area (Å²) in [5.41, 5.74) is 0.375. The Bertz CT molecular complexity index is 347. The predicted molar refractivity (Wildman–Crippen MR) is 57.9 cm³/mol. The molecule has 1 rings (SSSR count). The molecule has 90 valence electrons. The summed E-state index contributed by atoms with van der Waals surface area (Å²) in [4.78, 5) is 15.7. The highest BCUT2D eigenvalue weighted by Crippen LogP contribution is 2.01. The van der Waals surface area contributed by atoms with Crippen LogP contribution in [0.5, 0.6) is 0 Å². The summed E-state index contributed by atoms with van der Waals surface area (Å²) < 4.78 is 11.8. The Morgan fingerprint density at radius 2 is 2.12 bits per heavy atom. The highest BCUT2D eigenvalue weighted by molar-refractivity contribution is 5.92. The van der Waals surface area contributed by atoms with E-state index in [1.807, 2.05) is 0 Å². The van der Waals surface area contributed by atoms with Crippen LogP contribution in [-0.2, 0) is 16.5 Å². The van der Waals surface area contributed by atoms with Crippen molar-refractivity contribution in [3.05, 3.63) is 18.2 Å². The smallest absolute Gasteiger partial charge is 0.271 e. The molecule has 1 aromatic rings. The number of amides is 1. The van der Waals surface area contributed by atoms with Gasteiger partial charge in [0.05, 0.1) is 12.4 Å². The molecule has 1 heterocycles. The molecule has 0 bridgehead atoms. The van der Waals surface area contributed by atoms with Crippen molar-refractivity contribution in [3.8, 4) is 0 Å². The molecule has 0 spiro atoms. The average molecular weight is 227 g/mol. The van der Waals surface area contributed by atoms with Gasteiger partial charge in [-0.3, -0.25) is 4.79 Å². The molecule has 0 saturated carbocycles. The molecule has 1 aromatic heterocycles. The van der Waals surface area contributed by atoms with Gasteiger partial charge in [-0.15, -0.1) is 0 Å². The minimum Gasteiger partial charge on any atom is -0.354 e. The van der Waals surface area contributed by atoms with E-state index in [4.69, 9.17) is 9.47 Å². The van der Waals surface area contributed by atoms with Gasteiger partial charge in [-0.05, 0) is 6.92 Å². The molecule has 1 unspecified atom stereocenters. The molecule has 1 amide bonds. The molecule has 0 aliphatic heterocycles. The maximum atomic E-state index is 11.7. The minimum absolute atomic E-state index is 0.243. The summed E-state index contributed by atoms with van der Waals surface area (Å²) in [6.45, 7) is 1.80. The van der Waals surface area contributed by atoms with Gasteiger partial charge < -0.3 is 19.4 Å². The number of hydrogen-bond donors (Lipinski definition) is 1. The first-order valence-electron chi connectivity index (χ1n) is 4.93. The molecule has 0 radical (unpaired) electrons. The average Bonchev–Trinajstić information content (AvgIpc) is 2.66. The Labute approximate surface area is 94.6 Å². The van der Waals surface area contributed by atoms with Gasteiger partial charge in [0.15, 0.2) is 6.29 Å². The van der Waals surface area contributed by atoms with E-state index in [0.717, 1.165) is 0 Å². The van der Waals surface area contributed by atoms with Gasteiger partial charge in [-0.2, -0.15) is 0 Å². The summed E-state index contributed by atoms with van der Waals surface area (Å²) in [7, 11) is 4.86. The number of aromatic nitrogens is 2. The largest absolute Gasteiger partial charge is 0.354 e. The second-order valence-corrected chi connectivity index (χ2v) is 3.53. The predicted octanol–water partition coefficient (Wildman–Crippen LogP) is 0.157. The van der Waals surface area contributed by atoms with Gasteiger partial charge in [0, 0.05) is 27.5 Å². The van der Waals surface area contributed by atoms with E-state index in [1.165, 1.54) is 14.2 Å². The first-order valence-corrected chi connectivity index (χ1v) is 4.93. The maximum Gasteiger partial charge on any atom is 0.271 e. The van der Waals surface area contributed by atoms with E-state index < -0.39 is 6.29 Å². The number of nitrogens with zero attached hydrogens (tertiary/aromatic N) is 2. The first kappa shape index (κ1) is 12.7. The van der Waals surface area contributed by atoms with Crippen molar-refractivity contribution in [3.63, 3.8) is 0 Å². The van der Waals surface area contributed by atoms with Crippen molar-refractivity contribution >= 4 is 5.91 Å². The van der Waals surface area contributed by atoms with Crippen LogP contribution < -0.4 is 5.32 Å². The molecule has 16 heavy (non-hydrogen) atoms. The molecule has 1 atom stereocenters. The lowest BCUT2D eigenvalue weighted by molar-refractivity contribution is -0.117. The third-order valence-electron chi connectivity index (χ3n) is 2.17. The number of aryl methyl sites for hydroxylation is 1. The van der Waals surface area contributed by atoms with Crippen molar-refractivity contribution in [1.82, 2.24) is 14.9 Å². The minimum atomic E-state index is -0.465. The van der Waals surface area contributed by atoms with Gasteiger partial charge in [0.2, 0.25) is 0 Å². The fourth-order valence-corrected chi connectivity index (χ4v) is 1.38. The summed E-state index contributed by atoms with van der Waals surface area (Å²) in [5, 5.41) is 2.75. The SMILES string of the molecule is COC(OC)C(C)NC(=O)c1cn(C)cn1. The zero-order chi connectivity index (χ0) is 12.1. The normalized spacial score (nSPS) is 12.8. The summed E-state index contributed by atoms with van der Waals surface area (Å²) in [6, 6.07) is -0.246. The lowest BCUT2D eigenvalue weighted by atomic mass is 10.3. The van der Waals surface area contributed by atoms with Crippen LogP contribution in [-0.4, -0.2) is 42.0 Å². The molecule has 1 N–H and O–H groups in total. The Morgan fingerprint density at radius 1 is 1.50 bits per heavy atom. The quantitative estimate of drug-likeness (QED) is 0.728. The van der Waals surface area contributed by atoms with Crippen LogP contribution in [0.2, 0.25) is 0 Å². The summed E-state index contributed by atoms with van der Waals surface area (Å²) in [6.07, 6.45) is 2.76. The number of carbonyl (C=O) groups excluding carboxylic acids is 1. The standard InChI is InChI=1S/C10H17N3O3/c1-7(10(15-3)16-4)12-9(14)8-5-13(2)6-11-8/h5-7,10H,1-4H3,(H,12,14). The number of ether oxygens (including phenoxy) is 2. The van der Waals surface area contributed by atoms with Crippen molar-refractivity contribution in [2.45, 2.75) is 19.3 Å². The van der Waals surface area contributed by atoms with Gasteiger partial charge in [0.25, 0.3) is 5.91 Å². The van der Waals surface area contributed by atoms with E-state index in [2.05, 4.69) is 10.3 Å². The van der Waals surface area contributed by atoms with Crippen LogP contribution in [0, 0.1) is 0 Å². The van der Waals surface area contributed by atoms with Gasteiger partial charge in [-0.1, -0.05) is 0 Å². The van der Waals surface area contributed by atoms with E-state index in [0.29, 0.717) is 5.69 Å². The van der Waals surface area contributed by atoms with Crippen molar-refractivity contribution in [2.24, 2.45) is 7.05 Å². The van der Waals surface area contributed by atoms with E-state index in [-0.39, 0.29) is 11.9 Å². The lowest BCUT2D eigenvalue weighted by Crippen LogP contribution is -2.43. The highest BCUT2D eigenvalue weighted by Gasteiger charge is 2.19. The fraction of sp³-hybridized carbons (Fsp3) is 0.600. The van der Waals surface area contributed by atoms with Crippen LogP contribution in [0.3, 0.4) is 0 Å². The second-order valence-electron chi connectivity index (χ2n) is 3.53. The summed E-state index contributed by atoms with van der Waals surface area (Å²) >= 11 is 0. The van der Waals surface area contributed by atoms with E-state index in [9.17, 15) is 4.79 Å². The van der Waals surface area contributed by atoms with Crippen LogP contribution in [0.25, 0.3) is 0 Å². The Morgan fingerprint density at radius 3 is 2.56 bits per heavy atom. The van der Waals surface area contributed by atoms with Gasteiger partial charge in [-0.25, -0.2) is 4.98 Å². The third kappa shape index (κ3) is 3.04. The number of carbonyl (C=O) groups is 1. The number of nitrogens with one attached hydrogen (secondary N) is 1. The van der Waals surface area contributed by atoms with Crippen LogP contribution in [0.15, 0.2) is 12.5 Å². The molecule has 0 fully saturated rings. The van der Waals surface area contributed by atoms with Crippen LogP contribution >= 0.6 is 0 Å². The Kier molecular flexibility index (Phi) is 4.45. The lowest BCUT2D eigenvalue weighted by Gasteiger charge is -2.21. The Balaban J connectivity index is 2.57. The molecule has 0 aliphatic carbocycles. The molecule has 0 aliphatic rings. The monoisotopic (exact) mass is 227 g/mol. The number of methoxy groups -OCH3 is 2. The number of rotatable bonds is 5. The van der Waals surface area contributed by atoms with Crippen molar-refractivity contribution in [1.29, 1.82) is 0 Å². The molecule has 0 saturated heterocycles. The zero-order valence-corrected chi connectivity index (χ0v) is 9.93. The van der Waals surface area contributed by atoms with Crippen LogP contribution in [0.4, 0.5) is 0 Å². The van der Waals surface area contributed by atoms with Crippen LogP contribution in [0.1, 0.15) is 17.4 Å². The maximum absolute atomic E-state index is 11.7. The molecule has 6 heteroatoms. The highest BCUT2D eigenvalue weighted by atomic mass is 16.7. The van der Waals surface area contributed by atoms with E-state index in [1.54, 1.807) is 31.1 Å². The molecular formula is C10H17N3O3. The van der Waals surface area contributed by atoms with Gasteiger partial charge in [0.1, 0.15) is 5.69 Å². The topological polar surface area (TPSA) is 65.4 Å². The summed E-state index contributed by atoms with van der Waals surface area (Å²) in [5.74, 6) is -0.243.